The van der Waals surface area contributed by atoms with Gasteiger partial charge in [-0.1, -0.05) is 11.6 Å². The molecule has 0 radical (unpaired) electrons. The molecule has 0 saturated heterocycles. The Kier molecular flexibility index (Phi) is 3.82. The smallest absolute Gasteiger partial charge is 0.137 e. The molecule has 2 aromatic heterocycles. The Morgan fingerprint density at radius 1 is 1.28 bits per heavy atom. The van der Waals surface area contributed by atoms with Crippen LogP contribution in [0.2, 0.25) is 5.15 Å². The lowest BCUT2D eigenvalue weighted by atomic mass is 10.2. The van der Waals surface area contributed by atoms with E-state index in [4.69, 9.17) is 11.6 Å². The van der Waals surface area contributed by atoms with Gasteiger partial charge < -0.3 is 5.32 Å². The fourth-order valence-corrected chi connectivity index (χ4v) is 2.86. The second-order valence-corrected chi connectivity index (χ2v) is 5.78. The fourth-order valence-electron chi connectivity index (χ4n) is 1.79. The molecule has 1 atom stereocenters. The van der Waals surface area contributed by atoms with Crippen LogP contribution in [0.5, 0.6) is 0 Å². The van der Waals surface area contributed by atoms with Crippen LogP contribution in [0.4, 0.5) is 5.82 Å². The Morgan fingerprint density at radius 2 is 2.00 bits per heavy atom. The average molecular weight is 283 g/mol. The second kappa shape index (κ2) is 5.20. The maximum Gasteiger partial charge on any atom is 0.137 e. The third-order valence-electron chi connectivity index (χ3n) is 2.71. The maximum atomic E-state index is 5.98. The first-order valence-electron chi connectivity index (χ1n) is 5.66. The Bertz CT molecular complexity index is 567. The number of thiazole rings is 1. The minimum absolute atomic E-state index is 0.154. The van der Waals surface area contributed by atoms with Crippen molar-refractivity contribution in [3.63, 3.8) is 0 Å². The quantitative estimate of drug-likeness (QED) is 0.873. The van der Waals surface area contributed by atoms with Gasteiger partial charge in [0.1, 0.15) is 17.3 Å². The molecule has 0 aliphatic rings. The second-order valence-electron chi connectivity index (χ2n) is 4.19. The summed E-state index contributed by atoms with van der Waals surface area (Å²) in [7, 11) is 0. The van der Waals surface area contributed by atoms with Crippen molar-refractivity contribution < 1.29 is 0 Å². The summed E-state index contributed by atoms with van der Waals surface area (Å²) in [5, 5.41) is 4.92. The van der Waals surface area contributed by atoms with Gasteiger partial charge in [0, 0.05) is 10.4 Å². The van der Waals surface area contributed by atoms with Gasteiger partial charge >= 0.3 is 0 Å². The molecule has 0 saturated carbocycles. The first-order valence-corrected chi connectivity index (χ1v) is 6.86. The van der Waals surface area contributed by atoms with Crippen LogP contribution in [-0.2, 0) is 0 Å². The monoisotopic (exact) mass is 282 g/mol. The highest BCUT2D eigenvalue weighted by Gasteiger charge is 2.15. The van der Waals surface area contributed by atoms with Crippen molar-refractivity contribution in [2.75, 3.05) is 5.32 Å². The fraction of sp³-hybridized carbons (Fsp3) is 0.417. The van der Waals surface area contributed by atoms with Crippen LogP contribution in [0.25, 0.3) is 0 Å². The van der Waals surface area contributed by atoms with Crippen LogP contribution in [-0.4, -0.2) is 15.0 Å². The number of rotatable bonds is 3. The van der Waals surface area contributed by atoms with E-state index in [1.165, 1.54) is 11.2 Å². The highest BCUT2D eigenvalue weighted by molar-refractivity contribution is 7.11. The van der Waals surface area contributed by atoms with Gasteiger partial charge in [0.25, 0.3) is 0 Å². The number of nitrogens with one attached hydrogen (secondary N) is 1. The van der Waals surface area contributed by atoms with E-state index in [-0.39, 0.29) is 6.04 Å². The molecular weight excluding hydrogens is 268 g/mol. The van der Waals surface area contributed by atoms with E-state index < -0.39 is 0 Å². The molecule has 18 heavy (non-hydrogen) atoms. The number of aryl methyl sites for hydroxylation is 2. The first-order chi connectivity index (χ1) is 8.49. The summed E-state index contributed by atoms with van der Waals surface area (Å²) in [5.41, 5.74) is 1.93. The number of hydrogen-bond donors (Lipinski definition) is 1. The van der Waals surface area contributed by atoms with Gasteiger partial charge in [-0.3, -0.25) is 0 Å². The number of nitrogens with zero attached hydrogens (tertiary/aromatic N) is 3. The van der Waals surface area contributed by atoms with Crippen molar-refractivity contribution in [1.29, 1.82) is 0 Å². The van der Waals surface area contributed by atoms with E-state index in [9.17, 15) is 0 Å². The maximum absolute atomic E-state index is 5.98. The Labute approximate surface area is 115 Å². The van der Waals surface area contributed by atoms with Gasteiger partial charge in [0.05, 0.1) is 16.7 Å². The van der Waals surface area contributed by atoms with Crippen LogP contribution in [0.15, 0.2) is 6.33 Å². The summed E-state index contributed by atoms with van der Waals surface area (Å²) in [4.78, 5) is 13.8. The summed E-state index contributed by atoms with van der Waals surface area (Å²) in [6.07, 6.45) is 1.47. The molecule has 0 aliphatic carbocycles. The van der Waals surface area contributed by atoms with Crippen molar-refractivity contribution in [2.24, 2.45) is 0 Å². The molecule has 2 heterocycles. The van der Waals surface area contributed by atoms with E-state index in [1.54, 1.807) is 11.3 Å². The molecule has 1 unspecified atom stereocenters. The van der Waals surface area contributed by atoms with Gasteiger partial charge in [-0.15, -0.1) is 11.3 Å². The largest absolute Gasteiger partial charge is 0.362 e. The van der Waals surface area contributed by atoms with Crippen LogP contribution < -0.4 is 5.32 Å². The molecule has 96 valence electrons. The zero-order valence-corrected chi connectivity index (χ0v) is 12.4. The minimum atomic E-state index is 0.154. The van der Waals surface area contributed by atoms with E-state index in [0.717, 1.165) is 22.1 Å². The van der Waals surface area contributed by atoms with Crippen LogP contribution >= 0.6 is 22.9 Å². The molecule has 0 fully saturated rings. The molecule has 1 N–H and O–H groups in total. The topological polar surface area (TPSA) is 50.7 Å². The number of anilines is 1. The van der Waals surface area contributed by atoms with Crippen molar-refractivity contribution in [3.05, 3.63) is 32.6 Å². The molecule has 0 aromatic carbocycles. The van der Waals surface area contributed by atoms with Crippen molar-refractivity contribution in [2.45, 2.75) is 33.7 Å². The SMILES string of the molecule is Cc1nc(C)c(C(C)Nc2ncnc(Cl)c2C)s1. The van der Waals surface area contributed by atoms with E-state index in [2.05, 4.69) is 27.2 Å². The molecule has 0 spiro atoms. The Balaban J connectivity index is 2.24. The molecule has 0 amide bonds. The van der Waals surface area contributed by atoms with Gasteiger partial charge in [-0.25, -0.2) is 15.0 Å². The molecule has 0 bridgehead atoms. The third kappa shape index (κ3) is 2.62. The molecule has 0 aliphatic heterocycles. The predicted molar refractivity (Wildman–Crippen MR) is 75.4 cm³/mol. The van der Waals surface area contributed by atoms with Crippen molar-refractivity contribution >= 4 is 28.8 Å². The molecule has 2 aromatic rings. The zero-order chi connectivity index (χ0) is 13.3. The average Bonchev–Trinajstić information content (AvgIpc) is 2.64. The predicted octanol–water partition coefficient (Wildman–Crippen LogP) is 3.68. The number of halogens is 1. The minimum Gasteiger partial charge on any atom is -0.362 e. The summed E-state index contributed by atoms with van der Waals surface area (Å²) in [6, 6.07) is 0.154. The zero-order valence-electron chi connectivity index (χ0n) is 10.8. The van der Waals surface area contributed by atoms with Crippen LogP contribution in [0, 0.1) is 20.8 Å². The van der Waals surface area contributed by atoms with E-state index in [0.29, 0.717) is 5.15 Å². The lowest BCUT2D eigenvalue weighted by Gasteiger charge is -2.15. The Hall–Kier alpha value is -1.20. The summed E-state index contributed by atoms with van der Waals surface area (Å²) < 4.78 is 0. The lowest BCUT2D eigenvalue weighted by molar-refractivity contribution is 0.873. The lowest BCUT2D eigenvalue weighted by Crippen LogP contribution is -2.09. The van der Waals surface area contributed by atoms with Gasteiger partial charge in [-0.2, -0.15) is 0 Å². The summed E-state index contributed by atoms with van der Waals surface area (Å²) >= 11 is 7.68. The third-order valence-corrected chi connectivity index (χ3v) is 4.35. The molecular formula is C12H15ClN4S. The molecule has 6 heteroatoms. The normalized spacial score (nSPS) is 12.5. The standard InChI is InChI=1S/C12H15ClN4S/c1-6-11(13)14-5-15-12(6)17-8(3)10-7(2)16-9(4)18-10/h5,8H,1-4H3,(H,14,15,17). The summed E-state index contributed by atoms with van der Waals surface area (Å²) in [5.74, 6) is 0.771. The first kappa shape index (κ1) is 13.2. The summed E-state index contributed by atoms with van der Waals surface area (Å²) in [6.45, 7) is 8.04. The number of aromatic nitrogens is 3. The van der Waals surface area contributed by atoms with Gasteiger partial charge in [0.2, 0.25) is 0 Å². The number of hydrogen-bond acceptors (Lipinski definition) is 5. The van der Waals surface area contributed by atoms with E-state index >= 15 is 0 Å². The molecule has 4 nitrogen and oxygen atoms in total. The van der Waals surface area contributed by atoms with Crippen LogP contribution in [0.3, 0.4) is 0 Å². The van der Waals surface area contributed by atoms with Crippen molar-refractivity contribution in [3.8, 4) is 0 Å². The highest BCUT2D eigenvalue weighted by atomic mass is 35.5. The highest BCUT2D eigenvalue weighted by Crippen LogP contribution is 2.28. The Morgan fingerprint density at radius 3 is 2.61 bits per heavy atom. The van der Waals surface area contributed by atoms with E-state index in [1.807, 2.05) is 20.8 Å². The molecule has 2 rings (SSSR count). The van der Waals surface area contributed by atoms with Crippen LogP contribution in [0.1, 0.15) is 34.1 Å². The van der Waals surface area contributed by atoms with Gasteiger partial charge in [0.15, 0.2) is 0 Å². The van der Waals surface area contributed by atoms with Crippen molar-refractivity contribution in [1.82, 2.24) is 15.0 Å². The van der Waals surface area contributed by atoms with Gasteiger partial charge in [-0.05, 0) is 27.7 Å².